The third-order valence-corrected chi connectivity index (χ3v) is 5.82. The van der Waals surface area contributed by atoms with E-state index in [2.05, 4.69) is 34.8 Å². The van der Waals surface area contributed by atoms with E-state index in [1.807, 2.05) is 17.8 Å². The summed E-state index contributed by atoms with van der Waals surface area (Å²) >= 11 is 1.81. The molecule has 0 atom stereocenters. The highest BCUT2D eigenvalue weighted by atomic mass is 32.2. The Kier molecular flexibility index (Phi) is 5.95. The number of likely N-dealkylation sites (tertiary alicyclic amines) is 1. The van der Waals surface area contributed by atoms with Crippen molar-refractivity contribution in [3.8, 4) is 0 Å². The molecule has 1 aliphatic heterocycles. The molecule has 24 heavy (non-hydrogen) atoms. The quantitative estimate of drug-likeness (QED) is 0.841. The third kappa shape index (κ3) is 4.39. The van der Waals surface area contributed by atoms with Gasteiger partial charge in [-0.15, -0.1) is 0 Å². The molecular formula is C19H27N3OS. The van der Waals surface area contributed by atoms with Gasteiger partial charge in [0.05, 0.1) is 11.0 Å². The minimum absolute atomic E-state index is 0.0481. The SMILES string of the molecule is Cc1cc2nc(CSCCN3CCCCCC3)c(=O)[nH]c2cc1C. The maximum Gasteiger partial charge on any atom is 0.270 e. The predicted molar refractivity (Wildman–Crippen MR) is 103 cm³/mol. The predicted octanol–water partition coefficient (Wildman–Crippen LogP) is 3.65. The number of nitrogens with one attached hydrogen (secondary N) is 1. The Morgan fingerprint density at radius 1 is 1.12 bits per heavy atom. The van der Waals surface area contributed by atoms with E-state index in [0.717, 1.165) is 23.3 Å². The van der Waals surface area contributed by atoms with E-state index in [1.165, 1.54) is 49.9 Å². The van der Waals surface area contributed by atoms with Crippen LogP contribution in [0.15, 0.2) is 16.9 Å². The molecule has 0 unspecified atom stereocenters. The van der Waals surface area contributed by atoms with E-state index in [9.17, 15) is 4.79 Å². The van der Waals surface area contributed by atoms with Gasteiger partial charge in [0.1, 0.15) is 5.69 Å². The zero-order chi connectivity index (χ0) is 16.9. The van der Waals surface area contributed by atoms with Gasteiger partial charge in [0.15, 0.2) is 0 Å². The molecule has 2 aromatic rings. The molecule has 1 aromatic carbocycles. The summed E-state index contributed by atoms with van der Waals surface area (Å²) in [5, 5.41) is 0. The molecule has 0 spiro atoms. The van der Waals surface area contributed by atoms with Gasteiger partial charge in [-0.2, -0.15) is 11.8 Å². The molecule has 1 N–H and O–H groups in total. The fourth-order valence-corrected chi connectivity index (χ4v) is 4.12. The molecule has 1 aromatic heterocycles. The highest BCUT2D eigenvalue weighted by Crippen LogP contribution is 2.17. The van der Waals surface area contributed by atoms with Gasteiger partial charge in [-0.05, 0) is 63.0 Å². The van der Waals surface area contributed by atoms with Crippen molar-refractivity contribution < 1.29 is 0 Å². The molecule has 0 radical (unpaired) electrons. The third-order valence-electron chi connectivity index (χ3n) is 4.87. The van der Waals surface area contributed by atoms with Crippen LogP contribution in [0.25, 0.3) is 11.0 Å². The molecular weight excluding hydrogens is 318 g/mol. The summed E-state index contributed by atoms with van der Waals surface area (Å²) in [5.74, 6) is 1.75. The smallest absolute Gasteiger partial charge is 0.270 e. The Hall–Kier alpha value is -1.33. The van der Waals surface area contributed by atoms with Crippen molar-refractivity contribution in [3.63, 3.8) is 0 Å². The maximum absolute atomic E-state index is 12.2. The van der Waals surface area contributed by atoms with Crippen molar-refractivity contribution in [1.29, 1.82) is 0 Å². The molecule has 3 rings (SSSR count). The van der Waals surface area contributed by atoms with Crippen molar-refractivity contribution in [1.82, 2.24) is 14.9 Å². The van der Waals surface area contributed by atoms with Gasteiger partial charge in [-0.3, -0.25) is 4.79 Å². The van der Waals surface area contributed by atoms with Gasteiger partial charge in [0, 0.05) is 18.1 Å². The zero-order valence-corrected chi connectivity index (χ0v) is 15.5. The Balaban J connectivity index is 1.59. The molecule has 0 aliphatic carbocycles. The Bertz CT molecular complexity index is 748. The van der Waals surface area contributed by atoms with Crippen molar-refractivity contribution >= 4 is 22.8 Å². The Morgan fingerprint density at radius 2 is 1.83 bits per heavy atom. The number of hydrogen-bond donors (Lipinski definition) is 1. The number of benzene rings is 1. The second kappa shape index (κ2) is 8.17. The largest absolute Gasteiger partial charge is 0.319 e. The van der Waals surface area contributed by atoms with E-state index < -0.39 is 0 Å². The number of fused-ring (bicyclic) bond motifs is 1. The standard InChI is InChI=1S/C19H27N3OS/c1-14-11-16-17(12-15(14)2)21-19(23)18(20-16)13-24-10-9-22-7-5-3-4-6-8-22/h11-12H,3-10,13H2,1-2H3,(H,21,23). The highest BCUT2D eigenvalue weighted by Gasteiger charge is 2.10. The first-order chi connectivity index (χ1) is 11.6. The van der Waals surface area contributed by atoms with Crippen LogP contribution in [0, 0.1) is 13.8 Å². The summed E-state index contributed by atoms with van der Waals surface area (Å²) < 4.78 is 0. The molecule has 4 nitrogen and oxygen atoms in total. The van der Waals surface area contributed by atoms with Crippen LogP contribution >= 0.6 is 11.8 Å². The number of thioether (sulfide) groups is 1. The van der Waals surface area contributed by atoms with Crippen LogP contribution in [0.4, 0.5) is 0 Å². The van der Waals surface area contributed by atoms with Gasteiger partial charge in [-0.1, -0.05) is 12.8 Å². The first-order valence-electron chi connectivity index (χ1n) is 8.94. The normalized spacial score (nSPS) is 16.4. The summed E-state index contributed by atoms with van der Waals surface area (Å²) in [6.07, 6.45) is 5.41. The van der Waals surface area contributed by atoms with Crippen LogP contribution in [0.1, 0.15) is 42.5 Å². The summed E-state index contributed by atoms with van der Waals surface area (Å²) in [6, 6.07) is 4.07. The number of rotatable bonds is 5. The van der Waals surface area contributed by atoms with E-state index in [0.29, 0.717) is 11.4 Å². The number of H-pyrrole nitrogens is 1. The summed E-state index contributed by atoms with van der Waals surface area (Å²) in [4.78, 5) is 22.4. The molecule has 0 amide bonds. The van der Waals surface area contributed by atoms with Gasteiger partial charge < -0.3 is 9.88 Å². The van der Waals surface area contributed by atoms with Crippen LogP contribution in [0.5, 0.6) is 0 Å². The molecule has 5 heteroatoms. The maximum atomic E-state index is 12.2. The average molecular weight is 346 g/mol. The number of nitrogens with zero attached hydrogens (tertiary/aromatic N) is 2. The second-order valence-electron chi connectivity index (χ2n) is 6.77. The first kappa shape index (κ1) is 17.5. The van der Waals surface area contributed by atoms with E-state index in [-0.39, 0.29) is 5.56 Å². The summed E-state index contributed by atoms with van der Waals surface area (Å²) in [5.41, 5.74) is 4.71. The average Bonchev–Trinajstić information content (AvgIpc) is 2.82. The molecule has 0 bridgehead atoms. The van der Waals surface area contributed by atoms with Gasteiger partial charge >= 0.3 is 0 Å². The second-order valence-corrected chi connectivity index (χ2v) is 7.88. The number of hydrogen-bond acceptors (Lipinski definition) is 4. The van der Waals surface area contributed by atoms with Crippen molar-refractivity contribution in [2.75, 3.05) is 25.4 Å². The van der Waals surface area contributed by atoms with Crippen molar-refractivity contribution in [3.05, 3.63) is 39.3 Å². The molecule has 2 heterocycles. The molecule has 0 saturated carbocycles. The Morgan fingerprint density at radius 3 is 2.58 bits per heavy atom. The lowest BCUT2D eigenvalue weighted by Crippen LogP contribution is -2.27. The highest BCUT2D eigenvalue weighted by molar-refractivity contribution is 7.98. The number of aryl methyl sites for hydroxylation is 2. The van der Waals surface area contributed by atoms with Crippen molar-refractivity contribution in [2.45, 2.75) is 45.3 Å². The summed E-state index contributed by atoms with van der Waals surface area (Å²) in [6.45, 7) is 7.72. The van der Waals surface area contributed by atoms with Crippen LogP contribution in [0.3, 0.4) is 0 Å². The van der Waals surface area contributed by atoms with Gasteiger partial charge in [-0.25, -0.2) is 4.98 Å². The Labute approximate surface area is 148 Å². The van der Waals surface area contributed by atoms with Gasteiger partial charge in [0.25, 0.3) is 5.56 Å². The molecule has 1 fully saturated rings. The topological polar surface area (TPSA) is 49.0 Å². The first-order valence-corrected chi connectivity index (χ1v) is 10.1. The van der Waals surface area contributed by atoms with Crippen LogP contribution in [0.2, 0.25) is 0 Å². The minimum atomic E-state index is -0.0481. The molecule has 1 aliphatic rings. The van der Waals surface area contributed by atoms with Crippen molar-refractivity contribution in [2.24, 2.45) is 0 Å². The van der Waals surface area contributed by atoms with E-state index in [4.69, 9.17) is 0 Å². The molecule has 1 saturated heterocycles. The van der Waals surface area contributed by atoms with E-state index >= 15 is 0 Å². The zero-order valence-electron chi connectivity index (χ0n) is 14.7. The van der Waals surface area contributed by atoms with Crippen LogP contribution in [-0.2, 0) is 5.75 Å². The fraction of sp³-hybridized carbons (Fsp3) is 0.579. The fourth-order valence-electron chi connectivity index (χ4n) is 3.20. The molecule has 130 valence electrons. The number of aromatic amines is 1. The lowest BCUT2D eigenvalue weighted by molar-refractivity contribution is 0.303. The van der Waals surface area contributed by atoms with Gasteiger partial charge in [0.2, 0.25) is 0 Å². The minimum Gasteiger partial charge on any atom is -0.319 e. The summed E-state index contributed by atoms with van der Waals surface area (Å²) in [7, 11) is 0. The van der Waals surface area contributed by atoms with Crippen LogP contribution in [-0.4, -0.2) is 40.3 Å². The monoisotopic (exact) mass is 345 g/mol. The number of aromatic nitrogens is 2. The lowest BCUT2D eigenvalue weighted by atomic mass is 10.1. The van der Waals surface area contributed by atoms with E-state index in [1.54, 1.807) is 0 Å². The lowest BCUT2D eigenvalue weighted by Gasteiger charge is -2.19. The van der Waals surface area contributed by atoms with Crippen LogP contribution < -0.4 is 5.56 Å².